The van der Waals surface area contributed by atoms with E-state index in [0.29, 0.717) is 6.54 Å². The Labute approximate surface area is 92.5 Å². The van der Waals surface area contributed by atoms with Crippen LogP contribution < -0.4 is 5.73 Å². The summed E-state index contributed by atoms with van der Waals surface area (Å²) in [4.78, 5) is 1.49. The van der Waals surface area contributed by atoms with Crippen molar-refractivity contribution in [1.82, 2.24) is 0 Å². The highest BCUT2D eigenvalue weighted by atomic mass is 79.9. The Bertz CT molecular complexity index is 281. The van der Waals surface area contributed by atoms with E-state index in [1.807, 2.05) is 11.3 Å². The molecule has 0 saturated carbocycles. The molecule has 0 aromatic carbocycles. The van der Waals surface area contributed by atoms with Crippen LogP contribution in [0.2, 0.25) is 0 Å². The van der Waals surface area contributed by atoms with Gasteiger partial charge in [0.05, 0.1) is 3.79 Å². The summed E-state index contributed by atoms with van der Waals surface area (Å²) in [7, 11) is 0. The Kier molecular flexibility index (Phi) is 4.42. The van der Waals surface area contributed by atoms with Crippen molar-refractivity contribution in [3.63, 3.8) is 0 Å². The number of rotatable bonds is 4. The average molecular weight is 262 g/mol. The van der Waals surface area contributed by atoms with Crippen molar-refractivity contribution >= 4 is 27.3 Å². The molecule has 1 rings (SSSR count). The second-order valence-corrected chi connectivity index (χ2v) is 5.49. The maximum Gasteiger partial charge on any atom is 0.0749 e. The monoisotopic (exact) mass is 261 g/mol. The van der Waals surface area contributed by atoms with Gasteiger partial charge in [0.25, 0.3) is 0 Å². The number of nitrogens with two attached hydrogens (primary N) is 1. The average Bonchev–Trinajstić information content (AvgIpc) is 2.43. The van der Waals surface area contributed by atoms with E-state index in [2.05, 4.69) is 29.8 Å². The molecule has 0 aliphatic rings. The number of hydrogen-bond donors (Lipinski definition) is 1. The first-order valence-corrected chi connectivity index (χ1v) is 6.34. The molecule has 0 fully saturated rings. The quantitative estimate of drug-likeness (QED) is 0.883. The van der Waals surface area contributed by atoms with E-state index in [-0.39, 0.29) is 0 Å². The van der Waals surface area contributed by atoms with Crippen LogP contribution in [-0.4, -0.2) is 0 Å². The summed E-state index contributed by atoms with van der Waals surface area (Å²) in [6.45, 7) is 5.08. The molecule has 0 spiro atoms. The summed E-state index contributed by atoms with van der Waals surface area (Å²) in [6.07, 6.45) is 3.49. The maximum absolute atomic E-state index is 5.73. The normalized spacial score (nSPS) is 10.8. The van der Waals surface area contributed by atoms with Gasteiger partial charge in [-0.2, -0.15) is 0 Å². The van der Waals surface area contributed by atoms with E-state index >= 15 is 0 Å². The molecule has 1 heterocycles. The molecule has 1 nitrogen and oxygen atoms in total. The van der Waals surface area contributed by atoms with Crippen LogP contribution >= 0.6 is 27.3 Å². The van der Waals surface area contributed by atoms with Gasteiger partial charge in [-0.3, -0.25) is 0 Å². The largest absolute Gasteiger partial charge is 0.326 e. The van der Waals surface area contributed by atoms with E-state index in [9.17, 15) is 0 Å². The second-order valence-electron chi connectivity index (χ2n) is 3.06. The Hall–Kier alpha value is 0.140. The first-order valence-electron chi connectivity index (χ1n) is 4.73. The minimum Gasteiger partial charge on any atom is -0.326 e. The Morgan fingerprint density at radius 3 is 2.46 bits per heavy atom. The molecule has 74 valence electrons. The topological polar surface area (TPSA) is 26.0 Å². The standard InChI is InChI=1S/C10H16BrNS/c1-3-5-7-8(6-12)10(11)13-9(7)4-2/h3-6,12H2,1-2H3. The molecule has 1 aromatic rings. The lowest BCUT2D eigenvalue weighted by Gasteiger charge is -2.02. The zero-order valence-electron chi connectivity index (χ0n) is 8.19. The molecule has 2 N–H and O–H groups in total. The number of hydrogen-bond acceptors (Lipinski definition) is 2. The van der Waals surface area contributed by atoms with Crippen molar-refractivity contribution in [2.24, 2.45) is 5.73 Å². The Morgan fingerprint density at radius 2 is 2.00 bits per heavy atom. The lowest BCUT2D eigenvalue weighted by molar-refractivity contribution is 0.883. The smallest absolute Gasteiger partial charge is 0.0749 e. The molecule has 0 saturated heterocycles. The summed E-state index contributed by atoms with van der Waals surface area (Å²) in [5, 5.41) is 0. The predicted octanol–water partition coefficient (Wildman–Crippen LogP) is 3.48. The van der Waals surface area contributed by atoms with E-state index in [1.54, 1.807) is 0 Å². The van der Waals surface area contributed by atoms with Crippen molar-refractivity contribution in [2.45, 2.75) is 39.7 Å². The van der Waals surface area contributed by atoms with Gasteiger partial charge >= 0.3 is 0 Å². The summed E-state index contributed by atoms with van der Waals surface area (Å²) >= 11 is 5.42. The lowest BCUT2D eigenvalue weighted by atomic mass is 10.1. The predicted molar refractivity (Wildman–Crippen MR) is 63.3 cm³/mol. The Morgan fingerprint density at radius 1 is 1.31 bits per heavy atom. The van der Waals surface area contributed by atoms with Gasteiger partial charge in [0.15, 0.2) is 0 Å². The fraction of sp³-hybridized carbons (Fsp3) is 0.600. The van der Waals surface area contributed by atoms with Crippen molar-refractivity contribution in [3.05, 3.63) is 19.8 Å². The van der Waals surface area contributed by atoms with Gasteiger partial charge in [-0.25, -0.2) is 0 Å². The maximum atomic E-state index is 5.73. The fourth-order valence-corrected chi connectivity index (χ4v) is 3.57. The van der Waals surface area contributed by atoms with Crippen LogP contribution in [0.25, 0.3) is 0 Å². The summed E-state index contributed by atoms with van der Waals surface area (Å²) in [6, 6.07) is 0. The van der Waals surface area contributed by atoms with Crippen LogP contribution in [0.3, 0.4) is 0 Å². The highest BCUT2D eigenvalue weighted by Crippen LogP contribution is 2.34. The molecular formula is C10H16BrNS. The van der Waals surface area contributed by atoms with E-state index < -0.39 is 0 Å². The summed E-state index contributed by atoms with van der Waals surface area (Å²) in [5.74, 6) is 0. The van der Waals surface area contributed by atoms with Gasteiger partial charge in [-0.1, -0.05) is 20.3 Å². The van der Waals surface area contributed by atoms with Gasteiger partial charge in [0, 0.05) is 11.4 Å². The molecule has 0 aliphatic carbocycles. The highest BCUT2D eigenvalue weighted by Gasteiger charge is 2.12. The molecule has 0 aliphatic heterocycles. The molecule has 13 heavy (non-hydrogen) atoms. The number of halogens is 1. The number of thiophene rings is 1. The third-order valence-electron chi connectivity index (χ3n) is 2.18. The molecule has 3 heteroatoms. The van der Waals surface area contributed by atoms with Gasteiger partial charge in [-0.05, 0) is 39.9 Å². The summed E-state index contributed by atoms with van der Waals surface area (Å²) in [5.41, 5.74) is 8.54. The van der Waals surface area contributed by atoms with Gasteiger partial charge in [0.1, 0.15) is 0 Å². The fourth-order valence-electron chi connectivity index (χ4n) is 1.55. The Balaban J connectivity index is 3.08. The zero-order chi connectivity index (χ0) is 9.84. The molecule has 0 unspecified atom stereocenters. The third kappa shape index (κ3) is 2.33. The highest BCUT2D eigenvalue weighted by molar-refractivity contribution is 9.11. The van der Waals surface area contributed by atoms with Crippen molar-refractivity contribution < 1.29 is 0 Å². The summed E-state index contributed by atoms with van der Waals surface area (Å²) < 4.78 is 1.23. The first-order chi connectivity index (χ1) is 6.24. The molecule has 0 amide bonds. The van der Waals surface area contributed by atoms with Crippen LogP contribution in [0, 0.1) is 0 Å². The number of aryl methyl sites for hydroxylation is 1. The van der Waals surface area contributed by atoms with Crippen LogP contribution in [0.4, 0.5) is 0 Å². The van der Waals surface area contributed by atoms with Gasteiger partial charge in [0.2, 0.25) is 0 Å². The van der Waals surface area contributed by atoms with Crippen molar-refractivity contribution in [2.75, 3.05) is 0 Å². The first kappa shape index (κ1) is 11.2. The molecule has 0 bridgehead atoms. The zero-order valence-corrected chi connectivity index (χ0v) is 10.6. The lowest BCUT2D eigenvalue weighted by Crippen LogP contribution is -2.00. The third-order valence-corrected chi connectivity index (χ3v) is 4.35. The van der Waals surface area contributed by atoms with Crippen LogP contribution in [0.1, 0.15) is 36.3 Å². The minimum atomic E-state index is 0.659. The molecule has 0 atom stereocenters. The van der Waals surface area contributed by atoms with E-state index in [0.717, 1.165) is 12.8 Å². The van der Waals surface area contributed by atoms with Crippen molar-refractivity contribution in [3.8, 4) is 0 Å². The van der Waals surface area contributed by atoms with Crippen LogP contribution in [-0.2, 0) is 19.4 Å². The van der Waals surface area contributed by atoms with Crippen molar-refractivity contribution in [1.29, 1.82) is 0 Å². The van der Waals surface area contributed by atoms with Crippen LogP contribution in [0.5, 0.6) is 0 Å². The molecule has 0 radical (unpaired) electrons. The molecule has 1 aromatic heterocycles. The SMILES string of the molecule is CCCc1c(CC)sc(Br)c1CN. The molecular weight excluding hydrogens is 246 g/mol. The minimum absolute atomic E-state index is 0.659. The van der Waals surface area contributed by atoms with E-state index in [1.165, 1.54) is 26.2 Å². The van der Waals surface area contributed by atoms with Gasteiger partial charge < -0.3 is 5.73 Å². The van der Waals surface area contributed by atoms with Gasteiger partial charge in [-0.15, -0.1) is 11.3 Å². The van der Waals surface area contributed by atoms with E-state index in [4.69, 9.17) is 5.73 Å². The second kappa shape index (κ2) is 5.13. The van der Waals surface area contributed by atoms with Crippen LogP contribution in [0.15, 0.2) is 3.79 Å².